The summed E-state index contributed by atoms with van der Waals surface area (Å²) in [5.41, 5.74) is 8.31. The van der Waals surface area contributed by atoms with Crippen LogP contribution in [0, 0.1) is 22.7 Å². The molecular weight excluding hydrogens is 462 g/mol. The molecule has 0 radical (unpaired) electrons. The van der Waals surface area contributed by atoms with Crippen molar-refractivity contribution in [1.29, 1.82) is 10.5 Å². The predicted octanol–water partition coefficient (Wildman–Crippen LogP) is 3.77. The number of thioether (sulfide) groups is 1. The highest BCUT2D eigenvalue weighted by atomic mass is 32.2. The van der Waals surface area contributed by atoms with Crippen molar-refractivity contribution in [1.82, 2.24) is 9.88 Å². The van der Waals surface area contributed by atoms with Gasteiger partial charge in [0.2, 0.25) is 5.91 Å². The van der Waals surface area contributed by atoms with Gasteiger partial charge in [-0.15, -0.1) is 0 Å². The van der Waals surface area contributed by atoms with Crippen LogP contribution in [0.15, 0.2) is 59.6 Å². The van der Waals surface area contributed by atoms with E-state index in [9.17, 15) is 15.3 Å². The third-order valence-electron chi connectivity index (χ3n) is 5.67. The molecule has 0 spiro atoms. The third kappa shape index (κ3) is 5.07. The molecular formula is C26H23N5O3S. The van der Waals surface area contributed by atoms with Crippen molar-refractivity contribution in [3.8, 4) is 29.0 Å². The Morgan fingerprint density at radius 3 is 2.34 bits per heavy atom. The molecule has 1 amide bonds. The number of hydrogen-bond acceptors (Lipinski definition) is 8. The van der Waals surface area contributed by atoms with E-state index < -0.39 is 5.25 Å². The van der Waals surface area contributed by atoms with Crippen LogP contribution in [0.4, 0.5) is 5.82 Å². The third-order valence-corrected chi connectivity index (χ3v) is 6.90. The number of carbonyl (C=O) groups is 1. The zero-order chi connectivity index (χ0) is 24.8. The number of anilines is 1. The number of hydrogen-bond donors (Lipinski definition) is 1. The molecule has 1 aliphatic rings. The molecule has 0 aliphatic carbocycles. The number of carbonyl (C=O) groups excluding carboxylic acids is 1. The average molecular weight is 486 g/mol. The zero-order valence-electron chi connectivity index (χ0n) is 19.1. The minimum atomic E-state index is -0.648. The van der Waals surface area contributed by atoms with E-state index in [1.807, 2.05) is 30.3 Å². The molecule has 9 heteroatoms. The van der Waals surface area contributed by atoms with Gasteiger partial charge in [-0.2, -0.15) is 10.5 Å². The van der Waals surface area contributed by atoms with E-state index in [0.717, 1.165) is 17.3 Å². The molecule has 1 atom stereocenters. The fourth-order valence-corrected chi connectivity index (χ4v) is 5.06. The Bertz CT molecular complexity index is 1290. The lowest BCUT2D eigenvalue weighted by Crippen LogP contribution is -2.42. The Hall–Kier alpha value is -4.05. The molecule has 2 aromatic carbocycles. The molecule has 8 nitrogen and oxygen atoms in total. The number of methoxy groups -OCH3 is 1. The standard InChI is InChI=1S/C26H23N5O3S/c1-33-19-9-7-17(8-10-19)22-20(15-27)24(29)30-25(21(22)16-28)35-23(18-5-3-2-4-6-18)26(32)31-11-13-34-14-12-31/h2-10,23H,11-14H2,1H3,(H2,29,30). The summed E-state index contributed by atoms with van der Waals surface area (Å²) < 4.78 is 10.6. The van der Waals surface area contributed by atoms with Crippen LogP contribution < -0.4 is 10.5 Å². The van der Waals surface area contributed by atoms with Crippen molar-refractivity contribution >= 4 is 23.5 Å². The first-order valence-corrected chi connectivity index (χ1v) is 11.8. The monoisotopic (exact) mass is 485 g/mol. The number of nitrogens with two attached hydrogens (primary N) is 1. The number of ether oxygens (including phenoxy) is 2. The SMILES string of the molecule is COc1ccc(-c2c(C#N)c(N)nc(SC(C(=O)N3CCOCC3)c3ccccc3)c2C#N)cc1. The van der Waals surface area contributed by atoms with Crippen LogP contribution in [-0.4, -0.2) is 49.2 Å². The molecule has 1 saturated heterocycles. The van der Waals surface area contributed by atoms with Gasteiger partial charge in [0.15, 0.2) is 0 Å². The zero-order valence-corrected chi connectivity index (χ0v) is 19.9. The Morgan fingerprint density at radius 1 is 1.09 bits per heavy atom. The van der Waals surface area contributed by atoms with Gasteiger partial charge < -0.3 is 20.1 Å². The van der Waals surface area contributed by atoms with Crippen molar-refractivity contribution in [3.63, 3.8) is 0 Å². The van der Waals surface area contributed by atoms with E-state index in [1.54, 1.807) is 36.3 Å². The van der Waals surface area contributed by atoms with Gasteiger partial charge >= 0.3 is 0 Å². The Labute approximate surface area is 207 Å². The molecule has 0 saturated carbocycles. The summed E-state index contributed by atoms with van der Waals surface area (Å²) in [6, 6.07) is 20.7. The van der Waals surface area contributed by atoms with E-state index in [2.05, 4.69) is 17.1 Å². The molecule has 1 fully saturated rings. The molecule has 2 heterocycles. The molecule has 3 aromatic rings. The lowest BCUT2D eigenvalue weighted by atomic mass is 9.97. The van der Waals surface area contributed by atoms with Crippen LogP contribution in [0.25, 0.3) is 11.1 Å². The van der Waals surface area contributed by atoms with Gasteiger partial charge in [0.25, 0.3) is 0 Å². The van der Waals surface area contributed by atoms with Gasteiger partial charge in [-0.05, 0) is 23.3 Å². The number of morpholine rings is 1. The van der Waals surface area contributed by atoms with Gasteiger partial charge in [0.05, 0.1) is 25.9 Å². The van der Waals surface area contributed by atoms with E-state index in [-0.39, 0.29) is 22.9 Å². The number of nitrogen functional groups attached to an aromatic ring is 1. The molecule has 1 unspecified atom stereocenters. The number of nitriles is 2. The Balaban J connectivity index is 1.82. The lowest BCUT2D eigenvalue weighted by Gasteiger charge is -2.30. The van der Waals surface area contributed by atoms with Crippen LogP contribution in [0.5, 0.6) is 5.75 Å². The molecule has 35 heavy (non-hydrogen) atoms. The lowest BCUT2D eigenvalue weighted by molar-refractivity contribution is -0.134. The maximum atomic E-state index is 13.6. The highest BCUT2D eigenvalue weighted by Gasteiger charge is 2.31. The number of nitrogens with zero attached hydrogens (tertiary/aromatic N) is 4. The first kappa shape index (κ1) is 24.1. The summed E-state index contributed by atoms with van der Waals surface area (Å²) in [6.45, 7) is 1.94. The largest absolute Gasteiger partial charge is 0.497 e. The van der Waals surface area contributed by atoms with E-state index >= 15 is 0 Å². The number of rotatable bonds is 6. The highest BCUT2D eigenvalue weighted by molar-refractivity contribution is 8.00. The summed E-state index contributed by atoms with van der Waals surface area (Å²) >= 11 is 1.16. The minimum Gasteiger partial charge on any atom is -0.497 e. The molecule has 176 valence electrons. The summed E-state index contributed by atoms with van der Waals surface area (Å²) in [4.78, 5) is 19.7. The van der Waals surface area contributed by atoms with Crippen LogP contribution in [0.1, 0.15) is 21.9 Å². The minimum absolute atomic E-state index is 0.00505. The first-order chi connectivity index (χ1) is 17.1. The van der Waals surface area contributed by atoms with Crippen LogP contribution in [-0.2, 0) is 9.53 Å². The maximum absolute atomic E-state index is 13.6. The van der Waals surface area contributed by atoms with Crippen LogP contribution in [0.2, 0.25) is 0 Å². The van der Waals surface area contributed by atoms with Gasteiger partial charge in [0, 0.05) is 18.7 Å². The number of aromatic nitrogens is 1. The van der Waals surface area contributed by atoms with Gasteiger partial charge in [-0.3, -0.25) is 4.79 Å². The Kier molecular flexibility index (Phi) is 7.51. The summed E-state index contributed by atoms with van der Waals surface area (Å²) in [5.74, 6) is 0.553. The maximum Gasteiger partial charge on any atom is 0.240 e. The van der Waals surface area contributed by atoms with Crippen molar-refractivity contribution in [2.75, 3.05) is 39.1 Å². The van der Waals surface area contributed by atoms with Crippen LogP contribution in [0.3, 0.4) is 0 Å². The molecule has 1 aliphatic heterocycles. The smallest absolute Gasteiger partial charge is 0.240 e. The quantitative estimate of drug-likeness (QED) is 0.523. The van der Waals surface area contributed by atoms with E-state index in [0.29, 0.717) is 48.2 Å². The van der Waals surface area contributed by atoms with Crippen molar-refractivity contribution in [3.05, 3.63) is 71.3 Å². The fraction of sp³-hybridized carbons (Fsp3) is 0.231. The summed E-state index contributed by atoms with van der Waals surface area (Å²) in [7, 11) is 1.56. The van der Waals surface area contributed by atoms with Crippen molar-refractivity contribution < 1.29 is 14.3 Å². The molecule has 4 rings (SSSR count). The van der Waals surface area contributed by atoms with Gasteiger partial charge in [-0.1, -0.05) is 54.2 Å². The van der Waals surface area contributed by atoms with E-state index in [4.69, 9.17) is 15.2 Å². The second-order valence-corrected chi connectivity index (χ2v) is 8.82. The van der Waals surface area contributed by atoms with Crippen molar-refractivity contribution in [2.45, 2.75) is 10.3 Å². The molecule has 0 bridgehead atoms. The molecule has 2 N–H and O–H groups in total. The number of benzene rings is 2. The van der Waals surface area contributed by atoms with E-state index in [1.165, 1.54) is 0 Å². The van der Waals surface area contributed by atoms with Crippen molar-refractivity contribution in [2.24, 2.45) is 0 Å². The van der Waals surface area contributed by atoms with Gasteiger partial charge in [0.1, 0.15) is 39.5 Å². The van der Waals surface area contributed by atoms with Crippen LogP contribution >= 0.6 is 11.8 Å². The number of amides is 1. The second-order valence-electron chi connectivity index (χ2n) is 7.73. The average Bonchev–Trinajstić information content (AvgIpc) is 2.92. The predicted molar refractivity (Wildman–Crippen MR) is 133 cm³/mol. The second kappa shape index (κ2) is 10.9. The first-order valence-electron chi connectivity index (χ1n) is 10.9. The summed E-state index contributed by atoms with van der Waals surface area (Å²) in [5, 5.41) is 19.6. The molecule has 1 aromatic heterocycles. The topological polar surface area (TPSA) is 125 Å². The van der Waals surface area contributed by atoms with Gasteiger partial charge in [-0.25, -0.2) is 4.98 Å². The summed E-state index contributed by atoms with van der Waals surface area (Å²) in [6.07, 6.45) is 0. The normalized spacial score (nSPS) is 14.0. The number of pyridine rings is 1. The highest BCUT2D eigenvalue weighted by Crippen LogP contribution is 2.42. The Morgan fingerprint density at radius 2 is 1.74 bits per heavy atom. The fourth-order valence-electron chi connectivity index (χ4n) is 3.88.